The SMILES string of the molecule is COCC(=O)N1C[C@H]2CN(Cc3cc(=O)c(OC)c[nH]3)C[C@H]2[C@@H]1c1cccc(F)c1. The summed E-state index contributed by atoms with van der Waals surface area (Å²) in [6, 6.07) is 7.87. The summed E-state index contributed by atoms with van der Waals surface area (Å²) in [5.74, 6) is 0.380. The second-order valence-electron chi connectivity index (χ2n) is 7.99. The Labute approximate surface area is 174 Å². The van der Waals surface area contributed by atoms with Gasteiger partial charge in [0.15, 0.2) is 5.75 Å². The van der Waals surface area contributed by atoms with Crippen LogP contribution in [0, 0.1) is 17.7 Å². The number of halogens is 1. The van der Waals surface area contributed by atoms with E-state index in [4.69, 9.17) is 9.47 Å². The maximum absolute atomic E-state index is 13.9. The standard InChI is InChI=1S/C22H26FN3O4/c1-29-13-21(28)26-10-15-9-25(11-17-7-19(27)20(30-2)8-24-17)12-18(15)22(26)14-4-3-5-16(23)6-14/h3-8,15,18,22H,9-13H2,1-2H3,(H,24,27)/t15-,18-,22+/m1/s1. The van der Waals surface area contributed by atoms with Crippen LogP contribution in [0.2, 0.25) is 0 Å². The predicted molar refractivity (Wildman–Crippen MR) is 109 cm³/mol. The zero-order valence-corrected chi connectivity index (χ0v) is 17.1. The van der Waals surface area contributed by atoms with Gasteiger partial charge in [-0.15, -0.1) is 0 Å². The second-order valence-corrected chi connectivity index (χ2v) is 7.99. The molecule has 3 heterocycles. The van der Waals surface area contributed by atoms with E-state index in [2.05, 4.69) is 9.88 Å². The Morgan fingerprint density at radius 3 is 2.77 bits per heavy atom. The molecule has 3 atom stereocenters. The summed E-state index contributed by atoms with van der Waals surface area (Å²) in [7, 11) is 2.97. The zero-order chi connectivity index (χ0) is 21.3. The van der Waals surface area contributed by atoms with E-state index in [-0.39, 0.29) is 47.4 Å². The van der Waals surface area contributed by atoms with Crippen molar-refractivity contribution in [1.82, 2.24) is 14.8 Å². The van der Waals surface area contributed by atoms with E-state index in [9.17, 15) is 14.0 Å². The van der Waals surface area contributed by atoms with Crippen molar-refractivity contribution < 1.29 is 18.7 Å². The number of ether oxygens (including phenoxy) is 2. The summed E-state index contributed by atoms with van der Waals surface area (Å²) < 4.78 is 24.0. The van der Waals surface area contributed by atoms with Crippen LogP contribution in [0.25, 0.3) is 0 Å². The Bertz CT molecular complexity index is 979. The van der Waals surface area contributed by atoms with Crippen molar-refractivity contribution in [1.29, 1.82) is 0 Å². The van der Waals surface area contributed by atoms with Crippen LogP contribution in [0.3, 0.4) is 0 Å². The van der Waals surface area contributed by atoms with Crippen molar-refractivity contribution in [3.63, 3.8) is 0 Å². The fourth-order valence-corrected chi connectivity index (χ4v) is 4.84. The number of aromatic nitrogens is 1. The first-order chi connectivity index (χ1) is 14.5. The van der Waals surface area contributed by atoms with Crippen molar-refractivity contribution in [3.8, 4) is 5.75 Å². The van der Waals surface area contributed by atoms with Crippen LogP contribution in [0.1, 0.15) is 17.3 Å². The molecule has 160 valence electrons. The summed E-state index contributed by atoms with van der Waals surface area (Å²) in [6.45, 7) is 2.80. The second kappa shape index (κ2) is 8.57. The lowest BCUT2D eigenvalue weighted by Gasteiger charge is -2.30. The van der Waals surface area contributed by atoms with Crippen molar-refractivity contribution >= 4 is 5.91 Å². The molecule has 2 aromatic rings. The largest absolute Gasteiger partial charge is 0.491 e. The number of hydrogen-bond donors (Lipinski definition) is 1. The quantitative estimate of drug-likeness (QED) is 0.779. The van der Waals surface area contributed by atoms with E-state index in [1.807, 2.05) is 11.0 Å². The van der Waals surface area contributed by atoms with E-state index < -0.39 is 0 Å². The van der Waals surface area contributed by atoms with Gasteiger partial charge in [-0.3, -0.25) is 14.5 Å². The summed E-state index contributed by atoms with van der Waals surface area (Å²) in [5, 5.41) is 0. The Hall–Kier alpha value is -2.71. The highest BCUT2D eigenvalue weighted by Gasteiger charge is 2.49. The van der Waals surface area contributed by atoms with Crippen LogP contribution < -0.4 is 10.2 Å². The Morgan fingerprint density at radius 2 is 2.07 bits per heavy atom. The number of nitrogens with zero attached hydrogens (tertiary/aromatic N) is 2. The molecule has 0 bridgehead atoms. The molecule has 0 unspecified atom stereocenters. The summed E-state index contributed by atoms with van der Waals surface area (Å²) in [4.78, 5) is 31.9. The number of carbonyl (C=O) groups excluding carboxylic acids is 1. The number of H-pyrrole nitrogens is 1. The fraction of sp³-hybridized carbons (Fsp3) is 0.455. The third-order valence-electron chi connectivity index (χ3n) is 6.07. The molecule has 0 saturated carbocycles. The van der Waals surface area contributed by atoms with Crippen molar-refractivity contribution in [2.24, 2.45) is 11.8 Å². The number of rotatable bonds is 6. The van der Waals surface area contributed by atoms with Gasteiger partial charge in [-0.05, 0) is 23.6 Å². The molecule has 8 heteroatoms. The third kappa shape index (κ3) is 3.97. The number of likely N-dealkylation sites (tertiary alicyclic amines) is 2. The van der Waals surface area contributed by atoms with Gasteiger partial charge < -0.3 is 19.4 Å². The van der Waals surface area contributed by atoms with E-state index in [1.54, 1.807) is 18.3 Å². The van der Waals surface area contributed by atoms with Gasteiger partial charge in [0.1, 0.15) is 12.4 Å². The molecule has 1 amide bonds. The predicted octanol–water partition coefficient (Wildman–Crippen LogP) is 1.80. The summed E-state index contributed by atoms with van der Waals surface area (Å²) in [5.41, 5.74) is 1.47. The van der Waals surface area contributed by atoms with Crippen molar-refractivity contribution in [3.05, 3.63) is 63.8 Å². The van der Waals surface area contributed by atoms with E-state index in [0.717, 1.165) is 24.3 Å². The van der Waals surface area contributed by atoms with Crippen LogP contribution in [0.15, 0.2) is 41.3 Å². The number of aromatic amines is 1. The van der Waals surface area contributed by atoms with Gasteiger partial charge in [-0.1, -0.05) is 12.1 Å². The van der Waals surface area contributed by atoms with Crippen molar-refractivity contribution in [2.45, 2.75) is 12.6 Å². The van der Waals surface area contributed by atoms with Gasteiger partial charge in [0.2, 0.25) is 11.3 Å². The highest BCUT2D eigenvalue weighted by atomic mass is 19.1. The lowest BCUT2D eigenvalue weighted by molar-refractivity contribution is -0.136. The molecule has 0 radical (unpaired) electrons. The first kappa shape index (κ1) is 20.6. The molecule has 7 nitrogen and oxygen atoms in total. The maximum Gasteiger partial charge on any atom is 0.249 e. The zero-order valence-electron chi connectivity index (χ0n) is 17.1. The van der Waals surface area contributed by atoms with Gasteiger partial charge in [-0.25, -0.2) is 4.39 Å². The highest BCUT2D eigenvalue weighted by molar-refractivity contribution is 5.78. The highest BCUT2D eigenvalue weighted by Crippen LogP contribution is 2.45. The monoisotopic (exact) mass is 415 g/mol. The first-order valence-corrected chi connectivity index (χ1v) is 10.0. The number of nitrogens with one attached hydrogen (secondary N) is 1. The Kier molecular flexibility index (Phi) is 5.87. The smallest absolute Gasteiger partial charge is 0.249 e. The number of pyridine rings is 1. The molecule has 4 rings (SSSR count). The molecule has 2 aliphatic heterocycles. The van der Waals surface area contributed by atoms with Crippen LogP contribution in [-0.2, 0) is 16.1 Å². The molecule has 0 aliphatic carbocycles. The Morgan fingerprint density at radius 1 is 1.23 bits per heavy atom. The van der Waals surface area contributed by atoms with Crippen LogP contribution >= 0.6 is 0 Å². The van der Waals surface area contributed by atoms with Crippen molar-refractivity contribution in [2.75, 3.05) is 40.5 Å². The normalized spacial score (nSPS) is 23.6. The number of carbonyl (C=O) groups is 1. The molecule has 2 fully saturated rings. The lowest BCUT2D eigenvalue weighted by atomic mass is 9.89. The molecule has 1 N–H and O–H groups in total. The topological polar surface area (TPSA) is 74.9 Å². The molecule has 1 aromatic heterocycles. The number of benzene rings is 1. The molecular weight excluding hydrogens is 389 g/mol. The van der Waals surface area contributed by atoms with Gasteiger partial charge in [0.25, 0.3) is 0 Å². The van der Waals surface area contributed by atoms with Crippen LogP contribution in [-0.4, -0.2) is 61.2 Å². The van der Waals surface area contributed by atoms with Gasteiger partial charge in [0, 0.05) is 57.2 Å². The molecule has 30 heavy (non-hydrogen) atoms. The average molecular weight is 415 g/mol. The molecular formula is C22H26FN3O4. The molecule has 0 spiro atoms. The summed E-state index contributed by atoms with van der Waals surface area (Å²) >= 11 is 0. The first-order valence-electron chi connectivity index (χ1n) is 10.0. The molecule has 2 saturated heterocycles. The Balaban J connectivity index is 1.54. The van der Waals surface area contributed by atoms with E-state index in [0.29, 0.717) is 13.1 Å². The van der Waals surface area contributed by atoms with Crippen LogP contribution in [0.4, 0.5) is 4.39 Å². The van der Waals surface area contributed by atoms with Crippen LogP contribution in [0.5, 0.6) is 5.75 Å². The summed E-state index contributed by atoms with van der Waals surface area (Å²) in [6.07, 6.45) is 1.58. The minimum atomic E-state index is -0.305. The molecule has 1 aromatic carbocycles. The van der Waals surface area contributed by atoms with E-state index in [1.165, 1.54) is 26.4 Å². The fourth-order valence-electron chi connectivity index (χ4n) is 4.84. The minimum absolute atomic E-state index is 0.0159. The van der Waals surface area contributed by atoms with Gasteiger partial charge in [0.05, 0.1) is 13.2 Å². The number of amides is 1. The minimum Gasteiger partial charge on any atom is -0.491 e. The number of methoxy groups -OCH3 is 2. The third-order valence-corrected chi connectivity index (χ3v) is 6.07. The average Bonchev–Trinajstić information content (AvgIpc) is 3.25. The maximum atomic E-state index is 13.9. The molecule has 2 aliphatic rings. The number of hydrogen-bond acceptors (Lipinski definition) is 5. The number of fused-ring (bicyclic) bond motifs is 1. The lowest BCUT2D eigenvalue weighted by Crippen LogP contribution is -2.37. The van der Waals surface area contributed by atoms with E-state index >= 15 is 0 Å². The van der Waals surface area contributed by atoms with Gasteiger partial charge in [-0.2, -0.15) is 0 Å². The van der Waals surface area contributed by atoms with Gasteiger partial charge >= 0.3 is 0 Å².